The molecule has 28 heavy (non-hydrogen) atoms. The Hall–Kier alpha value is -3.25. The van der Waals surface area contributed by atoms with Crippen molar-refractivity contribution in [2.45, 2.75) is 0 Å². The van der Waals surface area contributed by atoms with Gasteiger partial charge in [0.25, 0.3) is 11.8 Å². The van der Waals surface area contributed by atoms with E-state index in [1.165, 1.54) is 61.7 Å². The highest BCUT2D eigenvalue weighted by Gasteiger charge is 2.31. The summed E-state index contributed by atoms with van der Waals surface area (Å²) in [6.07, 6.45) is 0. The predicted molar refractivity (Wildman–Crippen MR) is 102 cm³/mol. The molecule has 0 aliphatic heterocycles. The van der Waals surface area contributed by atoms with Gasteiger partial charge in [0.05, 0.1) is 23.9 Å². The van der Waals surface area contributed by atoms with Crippen LogP contribution in [0.15, 0.2) is 66.7 Å². The van der Waals surface area contributed by atoms with Crippen molar-refractivity contribution in [2.24, 2.45) is 0 Å². The Labute approximate surface area is 164 Å². The Morgan fingerprint density at radius 3 is 1.82 bits per heavy atom. The fourth-order valence-electron chi connectivity index (χ4n) is 2.66. The lowest BCUT2D eigenvalue weighted by molar-refractivity contribution is 0.0892. The second-order valence-electron chi connectivity index (χ2n) is 5.72. The summed E-state index contributed by atoms with van der Waals surface area (Å²) >= 11 is 6.03. The third-order valence-corrected chi connectivity index (χ3v) is 4.23. The molecule has 0 saturated heterocycles. The molecule has 3 rings (SSSR count). The van der Waals surface area contributed by atoms with Crippen molar-refractivity contribution >= 4 is 29.1 Å². The van der Waals surface area contributed by atoms with Crippen LogP contribution in [-0.4, -0.2) is 18.9 Å². The lowest BCUT2D eigenvalue weighted by atomic mass is 10.1. The molecule has 0 aliphatic rings. The number of amides is 2. The molecule has 0 aliphatic carbocycles. The Morgan fingerprint density at radius 1 is 0.857 bits per heavy atom. The normalized spacial score (nSPS) is 10.4. The van der Waals surface area contributed by atoms with Crippen molar-refractivity contribution in [1.29, 1.82) is 0 Å². The fourth-order valence-corrected chi connectivity index (χ4v) is 2.83. The summed E-state index contributed by atoms with van der Waals surface area (Å²) in [5.41, 5.74) is -0.736. The number of carbonyl (C=O) groups is 2. The Kier molecular flexibility index (Phi) is 5.70. The van der Waals surface area contributed by atoms with Gasteiger partial charge in [0.15, 0.2) is 0 Å². The number of hydrogen-bond acceptors (Lipinski definition) is 3. The average Bonchev–Trinajstić information content (AvgIpc) is 2.69. The first-order valence-electron chi connectivity index (χ1n) is 8.15. The van der Waals surface area contributed by atoms with Crippen LogP contribution in [-0.2, 0) is 0 Å². The van der Waals surface area contributed by atoms with Crippen molar-refractivity contribution < 1.29 is 23.1 Å². The van der Waals surface area contributed by atoms with E-state index in [1.807, 2.05) is 0 Å². The van der Waals surface area contributed by atoms with Crippen molar-refractivity contribution in [3.63, 3.8) is 0 Å². The molecule has 0 heterocycles. The largest absolute Gasteiger partial charge is 0.495 e. The first-order chi connectivity index (χ1) is 13.4. The second-order valence-corrected chi connectivity index (χ2v) is 6.16. The number of anilines is 1. The van der Waals surface area contributed by atoms with Crippen LogP contribution in [0.1, 0.15) is 20.7 Å². The number of rotatable bonds is 4. The van der Waals surface area contributed by atoms with E-state index in [9.17, 15) is 18.4 Å². The molecule has 7 heteroatoms. The van der Waals surface area contributed by atoms with E-state index >= 15 is 0 Å². The molecular weight excluding hydrogens is 388 g/mol. The second kappa shape index (κ2) is 8.19. The summed E-state index contributed by atoms with van der Waals surface area (Å²) in [4.78, 5) is 26.9. The maximum atomic E-state index is 14.2. The van der Waals surface area contributed by atoms with Gasteiger partial charge in [-0.15, -0.1) is 0 Å². The number of hydrogen-bond donors (Lipinski definition) is 0. The lowest BCUT2D eigenvalue weighted by Gasteiger charge is -2.23. The molecule has 0 aromatic heterocycles. The summed E-state index contributed by atoms with van der Waals surface area (Å²) in [5.74, 6) is -3.46. The van der Waals surface area contributed by atoms with Crippen LogP contribution < -0.4 is 9.64 Å². The van der Waals surface area contributed by atoms with Crippen molar-refractivity contribution in [3.05, 3.63) is 94.5 Å². The summed E-state index contributed by atoms with van der Waals surface area (Å²) in [7, 11) is 1.34. The van der Waals surface area contributed by atoms with Gasteiger partial charge in [-0.2, -0.15) is 0 Å². The minimum Gasteiger partial charge on any atom is -0.495 e. The molecule has 0 radical (unpaired) electrons. The van der Waals surface area contributed by atoms with Gasteiger partial charge in [0.1, 0.15) is 17.4 Å². The van der Waals surface area contributed by atoms with Gasteiger partial charge in [-0.1, -0.05) is 35.9 Å². The lowest BCUT2D eigenvalue weighted by Crippen LogP contribution is -2.38. The molecule has 0 N–H and O–H groups in total. The van der Waals surface area contributed by atoms with E-state index in [-0.39, 0.29) is 27.6 Å². The highest BCUT2D eigenvalue weighted by molar-refractivity contribution is 6.32. The topological polar surface area (TPSA) is 46.6 Å². The van der Waals surface area contributed by atoms with E-state index in [2.05, 4.69) is 0 Å². The van der Waals surface area contributed by atoms with Crippen LogP contribution in [0.4, 0.5) is 14.5 Å². The molecule has 0 atom stereocenters. The highest BCUT2D eigenvalue weighted by Crippen LogP contribution is 2.34. The van der Waals surface area contributed by atoms with Gasteiger partial charge in [-0.25, -0.2) is 13.7 Å². The maximum absolute atomic E-state index is 14.2. The van der Waals surface area contributed by atoms with Gasteiger partial charge in [0, 0.05) is 5.02 Å². The number of ether oxygens (including phenoxy) is 1. The number of halogens is 3. The van der Waals surface area contributed by atoms with Crippen LogP contribution in [0.25, 0.3) is 0 Å². The number of carbonyl (C=O) groups excluding carboxylic acids is 2. The van der Waals surface area contributed by atoms with Gasteiger partial charge in [0.2, 0.25) is 0 Å². The highest BCUT2D eigenvalue weighted by atomic mass is 35.5. The first kappa shape index (κ1) is 19.5. The SMILES string of the molecule is COc1ccc(Cl)cc1N(C(=O)c1ccccc1F)C(=O)c1ccccc1F. The number of imide groups is 1. The molecule has 0 unspecified atom stereocenters. The standard InChI is InChI=1S/C21H14ClF2NO3/c1-28-19-11-10-13(22)12-18(19)25(20(26)14-6-2-4-8-16(14)23)21(27)15-7-3-5-9-17(15)24/h2-12H,1H3. The van der Waals surface area contributed by atoms with Crippen molar-refractivity contribution in [3.8, 4) is 5.75 Å². The number of nitrogens with zero attached hydrogens (tertiary/aromatic N) is 1. The maximum Gasteiger partial charge on any atom is 0.268 e. The predicted octanol–water partition coefficient (Wildman–Crippen LogP) is 5.11. The molecule has 0 spiro atoms. The third-order valence-electron chi connectivity index (χ3n) is 4.00. The van der Waals surface area contributed by atoms with Crippen LogP contribution >= 0.6 is 11.6 Å². The minimum atomic E-state index is -0.980. The molecule has 3 aromatic carbocycles. The zero-order valence-electron chi connectivity index (χ0n) is 14.7. The van der Waals surface area contributed by atoms with Gasteiger partial charge in [-0.05, 0) is 42.5 Å². The third kappa shape index (κ3) is 3.73. The smallest absolute Gasteiger partial charge is 0.268 e. The quantitative estimate of drug-likeness (QED) is 0.570. The summed E-state index contributed by atoms with van der Waals surface area (Å²) in [6.45, 7) is 0. The summed E-state index contributed by atoms with van der Waals surface area (Å²) in [6, 6.07) is 14.7. The van der Waals surface area contributed by atoms with E-state index in [0.29, 0.717) is 4.90 Å². The Bertz CT molecular complexity index is 998. The number of benzene rings is 3. The molecular formula is C21H14ClF2NO3. The molecule has 0 fully saturated rings. The molecule has 142 valence electrons. The zero-order valence-corrected chi connectivity index (χ0v) is 15.4. The summed E-state index contributed by atoms with van der Waals surface area (Å²) < 4.78 is 33.7. The average molecular weight is 402 g/mol. The van der Waals surface area contributed by atoms with Gasteiger partial charge < -0.3 is 4.74 Å². The van der Waals surface area contributed by atoms with E-state index < -0.39 is 23.4 Å². The first-order valence-corrected chi connectivity index (χ1v) is 8.53. The molecule has 2 amide bonds. The van der Waals surface area contributed by atoms with Crippen LogP contribution in [0.5, 0.6) is 5.75 Å². The number of methoxy groups -OCH3 is 1. The molecule has 0 saturated carbocycles. The minimum absolute atomic E-state index is 0.0310. The monoisotopic (exact) mass is 401 g/mol. The molecule has 3 aromatic rings. The van der Waals surface area contributed by atoms with E-state index in [0.717, 1.165) is 12.1 Å². The fraction of sp³-hybridized carbons (Fsp3) is 0.0476. The van der Waals surface area contributed by atoms with Gasteiger partial charge >= 0.3 is 0 Å². The zero-order chi connectivity index (χ0) is 20.3. The van der Waals surface area contributed by atoms with Crippen molar-refractivity contribution in [1.82, 2.24) is 0 Å². The molecule has 4 nitrogen and oxygen atoms in total. The van der Waals surface area contributed by atoms with Crippen LogP contribution in [0.3, 0.4) is 0 Å². The summed E-state index contributed by atoms with van der Waals surface area (Å²) in [5, 5.41) is 0.212. The van der Waals surface area contributed by atoms with E-state index in [1.54, 1.807) is 0 Å². The van der Waals surface area contributed by atoms with Gasteiger partial charge in [-0.3, -0.25) is 9.59 Å². The molecule has 0 bridgehead atoms. The van der Waals surface area contributed by atoms with Crippen molar-refractivity contribution in [2.75, 3.05) is 12.0 Å². The van der Waals surface area contributed by atoms with E-state index in [4.69, 9.17) is 16.3 Å². The Morgan fingerprint density at radius 2 is 1.36 bits per heavy atom. The van der Waals surface area contributed by atoms with Crippen LogP contribution in [0.2, 0.25) is 5.02 Å². The van der Waals surface area contributed by atoms with Crippen LogP contribution in [0, 0.1) is 11.6 Å². The Balaban J connectivity index is 2.22.